The van der Waals surface area contributed by atoms with Crippen LogP contribution in [-0.2, 0) is 11.4 Å². The lowest BCUT2D eigenvalue weighted by Gasteiger charge is -2.22. The zero-order chi connectivity index (χ0) is 27.0. The van der Waals surface area contributed by atoms with Gasteiger partial charge in [-0.25, -0.2) is 4.68 Å². The Morgan fingerprint density at radius 2 is 1.74 bits per heavy atom. The zero-order valence-corrected chi connectivity index (χ0v) is 22.1. The number of carbonyl (C=O) groups excluding carboxylic acids is 1. The van der Waals surface area contributed by atoms with Gasteiger partial charge in [-0.3, -0.25) is 4.79 Å². The number of nitrogens with zero attached hydrogens (tertiary/aromatic N) is 3. The van der Waals surface area contributed by atoms with Crippen molar-refractivity contribution in [1.82, 2.24) is 15.1 Å². The molecule has 1 fully saturated rings. The molecule has 1 aromatic heterocycles. The van der Waals surface area contributed by atoms with Gasteiger partial charge in [0.25, 0.3) is 5.91 Å². The topological polar surface area (TPSA) is 79.9 Å². The summed E-state index contributed by atoms with van der Waals surface area (Å²) in [7, 11) is 0. The van der Waals surface area contributed by atoms with Gasteiger partial charge in [0.05, 0.1) is 11.4 Å². The van der Waals surface area contributed by atoms with E-state index in [2.05, 4.69) is 42.6 Å². The van der Waals surface area contributed by atoms with Crippen LogP contribution in [0, 0.1) is 18.3 Å². The SMILES string of the molecule is Cc1ccc(COc2ccc(-c3nn(-c4ccccc4)cc3/C=C(/C#N)C(=O)NC3CCCCC3)cc2)cc1. The van der Waals surface area contributed by atoms with Crippen LogP contribution in [0.2, 0.25) is 0 Å². The standard InChI is InChI=1S/C33H32N4O2/c1-24-12-14-25(15-13-24)23-39-31-18-16-26(17-19-31)32-28(22-37(36-32)30-10-6-3-7-11-30)20-27(21-34)33(38)35-29-8-4-2-5-9-29/h3,6-7,10-20,22,29H,2,4-5,8-9,23H2,1H3,(H,35,38)/b27-20-. The second-order valence-electron chi connectivity index (χ2n) is 9.99. The Morgan fingerprint density at radius 3 is 2.44 bits per heavy atom. The molecule has 1 amide bonds. The van der Waals surface area contributed by atoms with Gasteiger partial charge in [-0.05, 0) is 67.8 Å². The van der Waals surface area contributed by atoms with Gasteiger partial charge in [0.2, 0.25) is 0 Å². The van der Waals surface area contributed by atoms with E-state index < -0.39 is 0 Å². The average Bonchev–Trinajstić information content (AvgIpc) is 3.40. The fourth-order valence-corrected chi connectivity index (χ4v) is 4.80. The first kappa shape index (κ1) is 26.0. The van der Waals surface area contributed by atoms with Crippen molar-refractivity contribution in [3.63, 3.8) is 0 Å². The van der Waals surface area contributed by atoms with E-state index in [1.807, 2.05) is 60.8 Å². The number of carbonyl (C=O) groups is 1. The molecule has 1 N–H and O–H groups in total. The van der Waals surface area contributed by atoms with Gasteiger partial charge in [0, 0.05) is 23.4 Å². The number of rotatable bonds is 8. The van der Waals surface area contributed by atoms with E-state index in [1.54, 1.807) is 10.8 Å². The Bertz CT molecular complexity index is 1470. The summed E-state index contributed by atoms with van der Waals surface area (Å²) in [6.07, 6.45) is 8.83. The molecule has 0 radical (unpaired) electrons. The smallest absolute Gasteiger partial charge is 0.262 e. The van der Waals surface area contributed by atoms with E-state index in [0.717, 1.165) is 48.2 Å². The highest BCUT2D eigenvalue weighted by atomic mass is 16.5. The summed E-state index contributed by atoms with van der Waals surface area (Å²) >= 11 is 0. The summed E-state index contributed by atoms with van der Waals surface area (Å²) in [5.74, 6) is 0.422. The van der Waals surface area contributed by atoms with Crippen LogP contribution in [-0.4, -0.2) is 21.7 Å². The van der Waals surface area contributed by atoms with Gasteiger partial charge in [-0.1, -0.05) is 67.3 Å². The zero-order valence-electron chi connectivity index (χ0n) is 22.1. The van der Waals surface area contributed by atoms with Crippen LogP contribution in [0.25, 0.3) is 23.0 Å². The van der Waals surface area contributed by atoms with Gasteiger partial charge in [0.1, 0.15) is 24.0 Å². The lowest BCUT2D eigenvalue weighted by atomic mass is 9.95. The number of aromatic nitrogens is 2. The number of benzene rings is 3. The van der Waals surface area contributed by atoms with Gasteiger partial charge < -0.3 is 10.1 Å². The van der Waals surface area contributed by atoms with E-state index in [1.165, 1.54) is 12.0 Å². The first-order valence-corrected chi connectivity index (χ1v) is 13.5. The monoisotopic (exact) mass is 516 g/mol. The van der Waals surface area contributed by atoms with E-state index in [9.17, 15) is 10.1 Å². The largest absolute Gasteiger partial charge is 0.489 e. The molecule has 1 saturated carbocycles. The lowest BCUT2D eigenvalue weighted by Crippen LogP contribution is -2.36. The third-order valence-corrected chi connectivity index (χ3v) is 7.02. The fourth-order valence-electron chi connectivity index (χ4n) is 4.80. The molecule has 39 heavy (non-hydrogen) atoms. The van der Waals surface area contributed by atoms with Crippen LogP contribution in [0.15, 0.2) is 90.6 Å². The molecule has 1 aliphatic rings. The summed E-state index contributed by atoms with van der Waals surface area (Å²) in [6.45, 7) is 2.55. The van der Waals surface area contributed by atoms with Gasteiger partial charge in [-0.2, -0.15) is 10.4 Å². The Kier molecular flexibility index (Phi) is 8.18. The van der Waals surface area contributed by atoms with Crippen molar-refractivity contribution in [3.8, 4) is 28.8 Å². The normalized spacial score (nSPS) is 14.0. The molecule has 196 valence electrons. The molecule has 1 aliphatic carbocycles. The van der Waals surface area contributed by atoms with Crippen LogP contribution >= 0.6 is 0 Å². The van der Waals surface area contributed by atoms with E-state index in [-0.39, 0.29) is 17.5 Å². The molecular weight excluding hydrogens is 484 g/mol. The molecule has 0 saturated heterocycles. The van der Waals surface area contributed by atoms with E-state index >= 15 is 0 Å². The molecule has 0 unspecified atom stereocenters. The quantitative estimate of drug-likeness (QED) is 0.207. The summed E-state index contributed by atoms with van der Waals surface area (Å²) in [6, 6.07) is 28.0. The number of amides is 1. The maximum absolute atomic E-state index is 13.0. The third-order valence-electron chi connectivity index (χ3n) is 7.02. The van der Waals surface area contributed by atoms with Crippen LogP contribution in [0.1, 0.15) is 48.8 Å². The van der Waals surface area contributed by atoms with Crippen molar-refractivity contribution in [2.75, 3.05) is 0 Å². The Labute approximate surface area is 229 Å². The number of para-hydroxylation sites is 1. The first-order chi connectivity index (χ1) is 19.1. The number of ether oxygens (including phenoxy) is 1. The third kappa shape index (κ3) is 6.63. The number of hydrogen-bond acceptors (Lipinski definition) is 4. The number of aryl methyl sites for hydroxylation is 1. The Morgan fingerprint density at radius 1 is 1.03 bits per heavy atom. The predicted octanol–water partition coefficient (Wildman–Crippen LogP) is 6.78. The van der Waals surface area contributed by atoms with Crippen molar-refractivity contribution in [1.29, 1.82) is 5.26 Å². The molecule has 3 aromatic carbocycles. The van der Waals surface area contributed by atoms with E-state index in [0.29, 0.717) is 17.9 Å². The molecule has 4 aromatic rings. The fraction of sp³-hybridized carbons (Fsp3) is 0.242. The minimum atomic E-state index is -0.331. The van der Waals surface area contributed by atoms with Crippen molar-refractivity contribution in [3.05, 3.63) is 107 Å². The highest BCUT2D eigenvalue weighted by molar-refractivity contribution is 6.02. The molecule has 6 nitrogen and oxygen atoms in total. The number of nitriles is 1. The molecule has 6 heteroatoms. The Hall–Kier alpha value is -4.63. The van der Waals surface area contributed by atoms with Crippen LogP contribution in [0.3, 0.4) is 0 Å². The summed E-state index contributed by atoms with van der Waals surface area (Å²) in [5.41, 5.74) is 5.53. The summed E-state index contributed by atoms with van der Waals surface area (Å²) in [5, 5.41) is 17.7. The van der Waals surface area contributed by atoms with Gasteiger partial charge in [-0.15, -0.1) is 0 Å². The van der Waals surface area contributed by atoms with E-state index in [4.69, 9.17) is 9.84 Å². The average molecular weight is 517 g/mol. The second kappa shape index (κ2) is 12.3. The van der Waals surface area contributed by atoms with Crippen LogP contribution in [0.5, 0.6) is 5.75 Å². The predicted molar refractivity (Wildman–Crippen MR) is 153 cm³/mol. The van der Waals surface area contributed by atoms with Gasteiger partial charge in [0.15, 0.2) is 0 Å². The number of hydrogen-bond donors (Lipinski definition) is 1. The minimum Gasteiger partial charge on any atom is -0.489 e. The number of nitrogens with one attached hydrogen (secondary N) is 1. The van der Waals surface area contributed by atoms with Crippen molar-refractivity contribution < 1.29 is 9.53 Å². The van der Waals surface area contributed by atoms with Crippen LogP contribution < -0.4 is 10.1 Å². The van der Waals surface area contributed by atoms with Crippen LogP contribution in [0.4, 0.5) is 0 Å². The highest BCUT2D eigenvalue weighted by Gasteiger charge is 2.19. The van der Waals surface area contributed by atoms with Crippen molar-refractivity contribution in [2.45, 2.75) is 51.7 Å². The molecule has 1 heterocycles. The molecule has 5 rings (SSSR count). The Balaban J connectivity index is 1.41. The highest BCUT2D eigenvalue weighted by Crippen LogP contribution is 2.28. The molecule has 0 aliphatic heterocycles. The summed E-state index contributed by atoms with van der Waals surface area (Å²) < 4.78 is 7.75. The molecular formula is C33H32N4O2. The summed E-state index contributed by atoms with van der Waals surface area (Å²) in [4.78, 5) is 13.0. The molecule has 0 spiro atoms. The van der Waals surface area contributed by atoms with Crippen molar-refractivity contribution in [2.24, 2.45) is 0 Å². The lowest BCUT2D eigenvalue weighted by molar-refractivity contribution is -0.117. The first-order valence-electron chi connectivity index (χ1n) is 13.5. The second-order valence-corrected chi connectivity index (χ2v) is 9.99. The maximum Gasteiger partial charge on any atom is 0.262 e. The maximum atomic E-state index is 13.0. The molecule has 0 bridgehead atoms. The van der Waals surface area contributed by atoms with Crippen molar-refractivity contribution >= 4 is 12.0 Å². The molecule has 0 atom stereocenters. The minimum absolute atomic E-state index is 0.0764. The van der Waals surface area contributed by atoms with Gasteiger partial charge >= 0.3 is 0 Å².